The first-order chi connectivity index (χ1) is 13.5. The summed E-state index contributed by atoms with van der Waals surface area (Å²) in [5, 5.41) is 9.04. The summed E-state index contributed by atoms with van der Waals surface area (Å²) in [7, 11) is 8.18. The fourth-order valence-electron chi connectivity index (χ4n) is 3.90. The van der Waals surface area contributed by atoms with E-state index in [0.717, 1.165) is 35.8 Å². The maximum absolute atomic E-state index is 4.55. The number of anilines is 2. The summed E-state index contributed by atoms with van der Waals surface area (Å²) in [6.45, 7) is 2.31. The van der Waals surface area contributed by atoms with Crippen molar-refractivity contribution in [3.8, 4) is 0 Å². The summed E-state index contributed by atoms with van der Waals surface area (Å²) in [5.74, 6) is 0.825. The second-order valence-corrected chi connectivity index (χ2v) is 7.75. The Morgan fingerprint density at radius 1 is 0.929 bits per heavy atom. The van der Waals surface area contributed by atoms with Gasteiger partial charge in [0.2, 0.25) is 0 Å². The average Bonchev–Trinajstić information content (AvgIpc) is 2.97. The van der Waals surface area contributed by atoms with Crippen molar-refractivity contribution >= 4 is 34.0 Å². The first-order valence-electron chi connectivity index (χ1n) is 9.97. The van der Waals surface area contributed by atoms with Gasteiger partial charge in [-0.05, 0) is 55.7 Å². The minimum absolute atomic E-state index is 0.825. The van der Waals surface area contributed by atoms with E-state index >= 15 is 0 Å². The Bertz CT molecular complexity index is 994. The standard InChI is InChI=1S/C22H29N6/c1-25(2)19-12-13-20-21(16-19)27(4)22(26(20)3)24-23-17-8-10-18(11-9-17)28-14-6-5-7-15-28/h8-13,16H,5-7,14-15H2,1-4H3/q+1. The average molecular weight is 378 g/mol. The maximum atomic E-state index is 4.55. The normalized spacial score (nSPS) is 14.9. The number of aromatic nitrogens is 2. The lowest BCUT2D eigenvalue weighted by Crippen LogP contribution is -2.29. The van der Waals surface area contributed by atoms with Crippen molar-refractivity contribution in [3.63, 3.8) is 0 Å². The van der Waals surface area contributed by atoms with Crippen LogP contribution in [0.3, 0.4) is 0 Å². The summed E-state index contributed by atoms with van der Waals surface area (Å²) < 4.78 is 4.17. The van der Waals surface area contributed by atoms with Gasteiger partial charge in [0.1, 0.15) is 16.7 Å². The van der Waals surface area contributed by atoms with Gasteiger partial charge in [-0.25, -0.2) is 9.13 Å². The van der Waals surface area contributed by atoms with Gasteiger partial charge in [-0.3, -0.25) is 0 Å². The third-order valence-electron chi connectivity index (χ3n) is 5.62. The molecular weight excluding hydrogens is 348 g/mol. The molecule has 0 N–H and O–H groups in total. The fraction of sp³-hybridized carbons (Fsp3) is 0.409. The summed E-state index contributed by atoms with van der Waals surface area (Å²) in [4.78, 5) is 4.56. The lowest BCUT2D eigenvalue weighted by Gasteiger charge is -2.28. The van der Waals surface area contributed by atoms with Crippen LogP contribution in [-0.4, -0.2) is 31.8 Å². The highest BCUT2D eigenvalue weighted by Gasteiger charge is 2.20. The van der Waals surface area contributed by atoms with Crippen molar-refractivity contribution in [3.05, 3.63) is 42.5 Å². The fourth-order valence-corrected chi connectivity index (χ4v) is 3.90. The van der Waals surface area contributed by atoms with Crippen LogP contribution in [0.1, 0.15) is 19.3 Å². The topological polar surface area (TPSA) is 40.0 Å². The third-order valence-corrected chi connectivity index (χ3v) is 5.62. The molecule has 1 saturated heterocycles. The molecule has 1 aliphatic rings. The van der Waals surface area contributed by atoms with Gasteiger partial charge in [-0.15, -0.1) is 0 Å². The van der Waals surface area contributed by atoms with Gasteiger partial charge < -0.3 is 9.80 Å². The van der Waals surface area contributed by atoms with Gasteiger partial charge in [0.25, 0.3) is 0 Å². The highest BCUT2D eigenvalue weighted by Crippen LogP contribution is 2.26. The van der Waals surface area contributed by atoms with Gasteiger partial charge in [-0.2, -0.15) is 0 Å². The first-order valence-corrected chi connectivity index (χ1v) is 9.97. The van der Waals surface area contributed by atoms with E-state index in [0.29, 0.717) is 0 Å². The van der Waals surface area contributed by atoms with Crippen molar-refractivity contribution < 1.29 is 4.57 Å². The van der Waals surface area contributed by atoms with Crippen LogP contribution in [0.4, 0.5) is 23.0 Å². The van der Waals surface area contributed by atoms with E-state index in [2.05, 4.69) is 85.7 Å². The van der Waals surface area contributed by atoms with Crippen LogP contribution >= 0.6 is 0 Å². The van der Waals surface area contributed by atoms with Gasteiger partial charge in [-0.1, -0.05) is 5.11 Å². The van der Waals surface area contributed by atoms with Gasteiger partial charge in [0.15, 0.2) is 0 Å². The summed E-state index contributed by atoms with van der Waals surface area (Å²) >= 11 is 0. The lowest BCUT2D eigenvalue weighted by molar-refractivity contribution is -0.632. The Balaban J connectivity index is 1.59. The van der Waals surface area contributed by atoms with Crippen LogP contribution in [0.5, 0.6) is 0 Å². The molecule has 1 aromatic heterocycles. The molecule has 0 amide bonds. The van der Waals surface area contributed by atoms with E-state index < -0.39 is 0 Å². The highest BCUT2D eigenvalue weighted by molar-refractivity contribution is 5.78. The molecule has 0 unspecified atom stereocenters. The Morgan fingerprint density at radius 3 is 2.32 bits per heavy atom. The predicted octanol–water partition coefficient (Wildman–Crippen LogP) is 4.47. The molecule has 146 valence electrons. The van der Waals surface area contributed by atoms with E-state index in [1.54, 1.807) is 0 Å². The number of piperidine rings is 1. The van der Waals surface area contributed by atoms with E-state index in [-0.39, 0.29) is 0 Å². The van der Waals surface area contributed by atoms with Crippen molar-refractivity contribution in [2.24, 2.45) is 24.3 Å². The quantitative estimate of drug-likeness (QED) is 0.497. The van der Waals surface area contributed by atoms with Crippen LogP contribution in [0, 0.1) is 0 Å². The third kappa shape index (κ3) is 3.46. The molecule has 3 aromatic rings. The van der Waals surface area contributed by atoms with Crippen molar-refractivity contribution in [2.75, 3.05) is 37.0 Å². The first kappa shape index (κ1) is 18.5. The number of benzene rings is 2. The molecule has 0 saturated carbocycles. The monoisotopic (exact) mass is 377 g/mol. The van der Waals surface area contributed by atoms with Gasteiger partial charge in [0.05, 0.1) is 14.1 Å². The number of azo groups is 1. The van der Waals surface area contributed by atoms with E-state index in [1.165, 1.54) is 30.6 Å². The maximum Gasteiger partial charge on any atom is 0.422 e. The van der Waals surface area contributed by atoms with Crippen LogP contribution in [-0.2, 0) is 14.1 Å². The summed E-state index contributed by atoms with van der Waals surface area (Å²) in [5.41, 5.74) is 5.61. The minimum atomic E-state index is 0.825. The van der Waals surface area contributed by atoms with Crippen molar-refractivity contribution in [1.82, 2.24) is 4.57 Å². The molecule has 28 heavy (non-hydrogen) atoms. The molecule has 2 heterocycles. The molecule has 0 atom stereocenters. The summed E-state index contributed by atoms with van der Waals surface area (Å²) in [6, 6.07) is 14.9. The second-order valence-electron chi connectivity index (χ2n) is 7.75. The number of rotatable bonds is 4. The number of fused-ring (bicyclic) bond motifs is 1. The van der Waals surface area contributed by atoms with Gasteiger partial charge >= 0.3 is 5.95 Å². The molecule has 0 radical (unpaired) electrons. The molecule has 6 nitrogen and oxygen atoms in total. The van der Waals surface area contributed by atoms with Crippen molar-refractivity contribution in [2.45, 2.75) is 19.3 Å². The largest absolute Gasteiger partial charge is 0.422 e. The minimum Gasteiger partial charge on any atom is -0.378 e. The molecule has 1 aliphatic heterocycles. The van der Waals surface area contributed by atoms with Crippen LogP contribution < -0.4 is 14.4 Å². The van der Waals surface area contributed by atoms with Gasteiger partial charge in [0, 0.05) is 49.7 Å². The highest BCUT2D eigenvalue weighted by atomic mass is 15.3. The Labute approximate surface area is 166 Å². The zero-order chi connectivity index (χ0) is 19.7. The molecule has 0 spiro atoms. The summed E-state index contributed by atoms with van der Waals surface area (Å²) in [6.07, 6.45) is 3.92. The number of hydrogen-bond donors (Lipinski definition) is 0. The van der Waals surface area contributed by atoms with E-state index in [1.807, 2.05) is 14.1 Å². The van der Waals surface area contributed by atoms with Crippen LogP contribution in [0.25, 0.3) is 11.0 Å². The lowest BCUT2D eigenvalue weighted by atomic mass is 10.1. The molecule has 1 fully saturated rings. The smallest absolute Gasteiger partial charge is 0.378 e. The Hall–Kier alpha value is -2.89. The van der Waals surface area contributed by atoms with Crippen molar-refractivity contribution in [1.29, 1.82) is 0 Å². The zero-order valence-electron chi connectivity index (χ0n) is 17.3. The zero-order valence-corrected chi connectivity index (χ0v) is 17.3. The van der Waals surface area contributed by atoms with E-state index in [4.69, 9.17) is 0 Å². The predicted molar refractivity (Wildman–Crippen MR) is 115 cm³/mol. The number of hydrogen-bond acceptors (Lipinski definition) is 4. The number of nitrogens with zero attached hydrogens (tertiary/aromatic N) is 6. The van der Waals surface area contributed by atoms with Crippen LogP contribution in [0.15, 0.2) is 52.7 Å². The molecule has 4 rings (SSSR count). The molecule has 6 heteroatoms. The number of imidazole rings is 1. The number of aryl methyl sites for hydroxylation is 2. The molecule has 2 aromatic carbocycles. The Kier molecular flexibility index (Phi) is 5.03. The van der Waals surface area contributed by atoms with E-state index in [9.17, 15) is 0 Å². The Morgan fingerprint density at radius 2 is 1.64 bits per heavy atom. The molecule has 0 aliphatic carbocycles. The SMILES string of the molecule is CN(C)c1ccc2c(c1)n(C)c(N=Nc1ccc(N3CCCCC3)cc1)[n+]2C. The van der Waals surface area contributed by atoms with Crippen LogP contribution in [0.2, 0.25) is 0 Å². The molecule has 0 bridgehead atoms. The molecular formula is C22H29N6+. The second kappa shape index (κ2) is 7.62.